The van der Waals surface area contributed by atoms with E-state index >= 15 is 0 Å². The van der Waals surface area contributed by atoms with E-state index in [4.69, 9.17) is 11.6 Å². The Morgan fingerprint density at radius 1 is 1.41 bits per heavy atom. The van der Waals surface area contributed by atoms with Crippen LogP contribution in [0.2, 0.25) is 5.15 Å². The highest BCUT2D eigenvalue weighted by atomic mass is 35.5. The van der Waals surface area contributed by atoms with E-state index in [-0.39, 0.29) is 0 Å². The Balaban J connectivity index is 1.82. The van der Waals surface area contributed by atoms with Crippen LogP contribution < -0.4 is 5.32 Å². The average Bonchev–Trinajstić information content (AvgIpc) is 2.32. The quantitative estimate of drug-likeness (QED) is 0.834. The second kappa shape index (κ2) is 6.34. The molecule has 3 nitrogen and oxygen atoms in total. The summed E-state index contributed by atoms with van der Waals surface area (Å²) in [7, 11) is 2.03. The molecule has 0 radical (unpaired) electrons. The Morgan fingerprint density at radius 3 is 2.82 bits per heavy atom. The molecule has 0 aromatic carbocycles. The van der Waals surface area contributed by atoms with Gasteiger partial charge in [0.15, 0.2) is 0 Å². The number of pyridine rings is 1. The van der Waals surface area contributed by atoms with Gasteiger partial charge in [-0.15, -0.1) is 0 Å². The zero-order valence-electron chi connectivity index (χ0n) is 10.3. The largest absolute Gasteiger partial charge is 0.319 e. The molecule has 0 unspecified atom stereocenters. The van der Waals surface area contributed by atoms with Crippen LogP contribution in [0.25, 0.3) is 0 Å². The first-order valence-electron chi connectivity index (χ1n) is 6.26. The molecule has 2 rings (SSSR count). The number of piperidine rings is 1. The van der Waals surface area contributed by atoms with E-state index in [0.717, 1.165) is 24.7 Å². The van der Waals surface area contributed by atoms with Crippen molar-refractivity contribution in [3.8, 4) is 0 Å². The molecule has 1 fully saturated rings. The molecular weight excluding hydrogens is 234 g/mol. The zero-order valence-corrected chi connectivity index (χ0v) is 11.1. The maximum absolute atomic E-state index is 5.89. The van der Waals surface area contributed by atoms with Crippen molar-refractivity contribution in [2.75, 3.05) is 26.7 Å². The highest BCUT2D eigenvalue weighted by molar-refractivity contribution is 6.29. The molecule has 1 aliphatic rings. The predicted octanol–water partition coefficient (Wildman–Crippen LogP) is 2.17. The number of rotatable bonds is 4. The number of nitrogens with zero attached hydrogens (tertiary/aromatic N) is 2. The molecule has 17 heavy (non-hydrogen) atoms. The minimum absolute atomic E-state index is 0.590. The first kappa shape index (κ1) is 12.8. The molecule has 1 aromatic heterocycles. The van der Waals surface area contributed by atoms with Crippen LogP contribution in [0.1, 0.15) is 18.5 Å². The van der Waals surface area contributed by atoms with Gasteiger partial charge in [0.1, 0.15) is 5.15 Å². The van der Waals surface area contributed by atoms with E-state index in [9.17, 15) is 0 Å². The summed E-state index contributed by atoms with van der Waals surface area (Å²) in [5.74, 6) is 0.837. The second-order valence-electron chi connectivity index (χ2n) is 4.73. The Morgan fingerprint density at radius 2 is 2.18 bits per heavy atom. The minimum atomic E-state index is 0.590. The van der Waals surface area contributed by atoms with Crippen molar-refractivity contribution in [2.24, 2.45) is 5.92 Å². The van der Waals surface area contributed by atoms with Crippen molar-refractivity contribution in [3.63, 3.8) is 0 Å². The lowest BCUT2D eigenvalue weighted by molar-refractivity contribution is 0.175. The maximum Gasteiger partial charge on any atom is 0.129 e. The normalized spacial score (nSPS) is 18.5. The topological polar surface area (TPSA) is 28.2 Å². The molecule has 2 heterocycles. The lowest BCUT2D eigenvalue weighted by Crippen LogP contribution is -2.36. The third kappa shape index (κ3) is 3.95. The number of nitrogens with one attached hydrogen (secondary N) is 1. The molecule has 0 spiro atoms. The lowest BCUT2D eigenvalue weighted by Gasteiger charge is -2.31. The van der Waals surface area contributed by atoms with Crippen LogP contribution in [-0.2, 0) is 6.54 Å². The van der Waals surface area contributed by atoms with Crippen LogP contribution in [0.3, 0.4) is 0 Å². The molecule has 0 saturated carbocycles. The first-order valence-corrected chi connectivity index (χ1v) is 6.64. The molecule has 0 aliphatic carbocycles. The fourth-order valence-electron chi connectivity index (χ4n) is 2.40. The number of hydrogen-bond acceptors (Lipinski definition) is 3. The van der Waals surface area contributed by atoms with Gasteiger partial charge in [-0.2, -0.15) is 0 Å². The van der Waals surface area contributed by atoms with Gasteiger partial charge in [0.2, 0.25) is 0 Å². The van der Waals surface area contributed by atoms with E-state index in [0.29, 0.717) is 5.15 Å². The van der Waals surface area contributed by atoms with Crippen molar-refractivity contribution < 1.29 is 0 Å². The third-order valence-electron chi connectivity index (χ3n) is 3.36. The van der Waals surface area contributed by atoms with Gasteiger partial charge in [-0.25, -0.2) is 4.98 Å². The van der Waals surface area contributed by atoms with Crippen molar-refractivity contribution in [1.82, 2.24) is 15.2 Å². The summed E-state index contributed by atoms with van der Waals surface area (Å²) in [4.78, 5) is 6.80. The summed E-state index contributed by atoms with van der Waals surface area (Å²) >= 11 is 5.89. The highest BCUT2D eigenvalue weighted by Gasteiger charge is 2.18. The Kier molecular flexibility index (Phi) is 4.77. The van der Waals surface area contributed by atoms with Gasteiger partial charge < -0.3 is 5.32 Å². The lowest BCUT2D eigenvalue weighted by atomic mass is 9.97. The van der Waals surface area contributed by atoms with Gasteiger partial charge >= 0.3 is 0 Å². The first-order chi connectivity index (χ1) is 8.28. The summed E-state index contributed by atoms with van der Waals surface area (Å²) in [5, 5.41) is 3.85. The molecule has 1 aromatic rings. The highest BCUT2D eigenvalue weighted by Crippen LogP contribution is 2.18. The molecule has 1 aliphatic heterocycles. The zero-order chi connectivity index (χ0) is 12.1. The van der Waals surface area contributed by atoms with E-state index in [1.165, 1.54) is 25.9 Å². The Hall–Kier alpha value is -0.640. The van der Waals surface area contributed by atoms with Gasteiger partial charge in [0.05, 0.1) is 5.69 Å². The SMILES string of the molecule is CNCC1CCN(Cc2cccc(Cl)n2)CC1. The van der Waals surface area contributed by atoms with E-state index in [2.05, 4.69) is 15.2 Å². The van der Waals surface area contributed by atoms with Crippen molar-refractivity contribution >= 4 is 11.6 Å². The standard InChI is InChI=1S/C13H20ClN3/c1-15-9-11-5-7-17(8-6-11)10-12-3-2-4-13(14)16-12/h2-4,11,15H,5-10H2,1H3. The number of aromatic nitrogens is 1. The van der Waals surface area contributed by atoms with Gasteiger partial charge in [-0.1, -0.05) is 17.7 Å². The van der Waals surface area contributed by atoms with Gasteiger partial charge in [0.25, 0.3) is 0 Å². The summed E-state index contributed by atoms with van der Waals surface area (Å²) < 4.78 is 0. The second-order valence-corrected chi connectivity index (χ2v) is 5.12. The van der Waals surface area contributed by atoms with E-state index < -0.39 is 0 Å². The summed E-state index contributed by atoms with van der Waals surface area (Å²) in [6.45, 7) is 4.40. The van der Waals surface area contributed by atoms with Gasteiger partial charge in [-0.3, -0.25) is 4.90 Å². The number of halogens is 1. The Bertz CT molecular complexity index is 348. The number of hydrogen-bond donors (Lipinski definition) is 1. The molecule has 4 heteroatoms. The Labute approximate surface area is 108 Å². The third-order valence-corrected chi connectivity index (χ3v) is 3.57. The minimum Gasteiger partial charge on any atom is -0.319 e. The fraction of sp³-hybridized carbons (Fsp3) is 0.615. The molecule has 94 valence electrons. The van der Waals surface area contributed by atoms with E-state index in [1.807, 2.05) is 25.2 Å². The molecule has 0 bridgehead atoms. The molecule has 1 N–H and O–H groups in total. The fourth-order valence-corrected chi connectivity index (χ4v) is 2.59. The smallest absolute Gasteiger partial charge is 0.129 e. The van der Waals surface area contributed by atoms with Crippen LogP contribution in [0, 0.1) is 5.92 Å². The average molecular weight is 254 g/mol. The monoisotopic (exact) mass is 253 g/mol. The van der Waals surface area contributed by atoms with Crippen LogP contribution in [-0.4, -0.2) is 36.6 Å². The molecular formula is C13H20ClN3. The number of likely N-dealkylation sites (tertiary alicyclic amines) is 1. The summed E-state index contributed by atoms with van der Waals surface area (Å²) in [6.07, 6.45) is 2.56. The van der Waals surface area contributed by atoms with Crippen molar-refractivity contribution in [3.05, 3.63) is 29.0 Å². The molecule has 0 atom stereocenters. The summed E-state index contributed by atoms with van der Waals surface area (Å²) in [5.41, 5.74) is 1.07. The van der Waals surface area contributed by atoms with E-state index in [1.54, 1.807) is 0 Å². The molecule has 1 saturated heterocycles. The van der Waals surface area contributed by atoms with Crippen LogP contribution in [0.4, 0.5) is 0 Å². The van der Waals surface area contributed by atoms with Crippen LogP contribution in [0.15, 0.2) is 18.2 Å². The summed E-state index contributed by atoms with van der Waals surface area (Å²) in [6, 6.07) is 5.84. The van der Waals surface area contributed by atoms with Crippen LogP contribution in [0.5, 0.6) is 0 Å². The van der Waals surface area contributed by atoms with Gasteiger partial charge in [-0.05, 0) is 57.6 Å². The van der Waals surface area contributed by atoms with Crippen LogP contribution >= 0.6 is 11.6 Å². The predicted molar refractivity (Wildman–Crippen MR) is 71.2 cm³/mol. The maximum atomic E-state index is 5.89. The van der Waals surface area contributed by atoms with Crippen molar-refractivity contribution in [1.29, 1.82) is 0 Å². The molecule has 0 amide bonds. The van der Waals surface area contributed by atoms with Gasteiger partial charge in [0, 0.05) is 6.54 Å². The van der Waals surface area contributed by atoms with Crippen molar-refractivity contribution in [2.45, 2.75) is 19.4 Å².